The molecule has 2 N–H and O–H groups in total. The summed E-state index contributed by atoms with van der Waals surface area (Å²) in [5, 5.41) is 4.58. The van der Waals surface area contributed by atoms with Crippen molar-refractivity contribution in [1.82, 2.24) is 20.3 Å². The highest BCUT2D eigenvalue weighted by atomic mass is 32.1. The number of aromatic amines is 1. The molecule has 0 fully saturated rings. The molecule has 3 rings (SSSR count). The predicted octanol–water partition coefficient (Wildman–Crippen LogP) is 4.00. The second kappa shape index (κ2) is 6.42. The van der Waals surface area contributed by atoms with E-state index in [-0.39, 0.29) is 6.04 Å². The van der Waals surface area contributed by atoms with Crippen molar-refractivity contribution in [2.24, 2.45) is 0 Å². The maximum atomic E-state index is 4.73. The summed E-state index contributed by atoms with van der Waals surface area (Å²) >= 11 is 1.76. The lowest BCUT2D eigenvalue weighted by Crippen LogP contribution is -2.18. The Hall–Kier alpha value is -1.98. The average Bonchev–Trinajstić information content (AvgIpc) is 3.15. The zero-order valence-electron chi connectivity index (χ0n) is 13.1. The monoisotopic (exact) mass is 312 g/mol. The third kappa shape index (κ3) is 3.26. The summed E-state index contributed by atoms with van der Waals surface area (Å²) in [6, 6.07) is 8.78. The molecule has 1 unspecified atom stereocenters. The van der Waals surface area contributed by atoms with Gasteiger partial charge in [0.15, 0.2) is 0 Å². The number of hydrogen-bond donors (Lipinski definition) is 2. The number of nitrogens with one attached hydrogen (secondary N) is 2. The first-order valence-corrected chi connectivity index (χ1v) is 8.21. The minimum Gasteiger partial charge on any atom is -0.348 e. The number of hydrogen-bond acceptors (Lipinski definition) is 4. The van der Waals surface area contributed by atoms with Crippen molar-refractivity contribution in [3.05, 3.63) is 58.6 Å². The van der Waals surface area contributed by atoms with Crippen molar-refractivity contribution in [1.29, 1.82) is 0 Å². The summed E-state index contributed by atoms with van der Waals surface area (Å²) in [5.41, 5.74) is 3.55. The van der Waals surface area contributed by atoms with E-state index in [4.69, 9.17) is 4.98 Å². The van der Waals surface area contributed by atoms with Gasteiger partial charge in [0.1, 0.15) is 10.8 Å². The molecule has 0 aliphatic heterocycles. The van der Waals surface area contributed by atoms with E-state index in [0.717, 1.165) is 23.1 Å². The van der Waals surface area contributed by atoms with Crippen LogP contribution in [0.25, 0.3) is 10.6 Å². The van der Waals surface area contributed by atoms with Crippen molar-refractivity contribution in [2.45, 2.75) is 33.4 Å². The van der Waals surface area contributed by atoms with Crippen molar-refractivity contribution >= 4 is 11.3 Å². The van der Waals surface area contributed by atoms with Gasteiger partial charge >= 0.3 is 0 Å². The summed E-state index contributed by atoms with van der Waals surface area (Å²) < 4.78 is 0. The lowest BCUT2D eigenvalue weighted by Gasteiger charge is -2.11. The van der Waals surface area contributed by atoms with Crippen LogP contribution in [-0.2, 0) is 6.54 Å². The van der Waals surface area contributed by atoms with Gasteiger partial charge < -0.3 is 10.3 Å². The zero-order valence-corrected chi connectivity index (χ0v) is 13.9. The molecule has 0 radical (unpaired) electrons. The number of nitrogens with zero attached hydrogens (tertiary/aromatic N) is 2. The van der Waals surface area contributed by atoms with Gasteiger partial charge in [-0.1, -0.05) is 29.8 Å². The molecule has 3 aromatic rings. The Morgan fingerprint density at radius 3 is 2.68 bits per heavy atom. The Morgan fingerprint density at radius 1 is 1.23 bits per heavy atom. The number of thiazole rings is 1. The lowest BCUT2D eigenvalue weighted by molar-refractivity contribution is 0.566. The molecule has 0 amide bonds. The van der Waals surface area contributed by atoms with Crippen LogP contribution in [0.4, 0.5) is 0 Å². The first-order valence-electron chi connectivity index (χ1n) is 7.39. The summed E-state index contributed by atoms with van der Waals surface area (Å²) in [4.78, 5) is 13.4. The molecular formula is C17H20N4S. The molecule has 1 atom stereocenters. The number of rotatable bonds is 5. The van der Waals surface area contributed by atoms with Crippen LogP contribution in [0.5, 0.6) is 0 Å². The van der Waals surface area contributed by atoms with Crippen molar-refractivity contribution in [3.8, 4) is 10.6 Å². The van der Waals surface area contributed by atoms with Crippen LogP contribution >= 0.6 is 11.3 Å². The molecule has 0 spiro atoms. The molecule has 4 nitrogen and oxygen atoms in total. The van der Waals surface area contributed by atoms with Gasteiger partial charge in [-0.05, 0) is 20.8 Å². The highest BCUT2D eigenvalue weighted by molar-refractivity contribution is 7.15. The maximum Gasteiger partial charge on any atom is 0.123 e. The minimum atomic E-state index is 0.252. The van der Waals surface area contributed by atoms with Crippen molar-refractivity contribution in [3.63, 3.8) is 0 Å². The van der Waals surface area contributed by atoms with E-state index >= 15 is 0 Å². The van der Waals surface area contributed by atoms with E-state index in [2.05, 4.69) is 60.3 Å². The van der Waals surface area contributed by atoms with Gasteiger partial charge in [-0.15, -0.1) is 11.3 Å². The van der Waals surface area contributed by atoms with Crippen LogP contribution in [-0.4, -0.2) is 15.0 Å². The van der Waals surface area contributed by atoms with Gasteiger partial charge in [-0.2, -0.15) is 0 Å². The topological polar surface area (TPSA) is 53.6 Å². The van der Waals surface area contributed by atoms with Gasteiger partial charge in [0.2, 0.25) is 0 Å². The molecule has 0 bridgehead atoms. The summed E-state index contributed by atoms with van der Waals surface area (Å²) in [5.74, 6) is 0.952. The highest BCUT2D eigenvalue weighted by Crippen LogP contribution is 2.31. The Balaban J connectivity index is 1.75. The van der Waals surface area contributed by atoms with Crippen LogP contribution in [0.3, 0.4) is 0 Å². The fourth-order valence-electron chi connectivity index (χ4n) is 2.37. The third-order valence-corrected chi connectivity index (χ3v) is 5.04. The summed E-state index contributed by atoms with van der Waals surface area (Å²) in [6.07, 6.45) is 3.62. The van der Waals surface area contributed by atoms with Crippen molar-refractivity contribution < 1.29 is 0 Å². The number of H-pyrrole nitrogens is 1. The molecule has 114 valence electrons. The lowest BCUT2D eigenvalue weighted by atomic mass is 10.2. The van der Waals surface area contributed by atoms with E-state index in [1.54, 1.807) is 17.5 Å². The summed E-state index contributed by atoms with van der Waals surface area (Å²) in [6.45, 7) is 7.07. The van der Waals surface area contributed by atoms with Crippen LogP contribution in [0, 0.1) is 13.8 Å². The van der Waals surface area contributed by atoms with E-state index in [9.17, 15) is 0 Å². The van der Waals surface area contributed by atoms with Gasteiger partial charge in [-0.25, -0.2) is 9.97 Å². The fraction of sp³-hybridized carbons (Fsp3) is 0.294. The van der Waals surface area contributed by atoms with Gasteiger partial charge in [0.25, 0.3) is 0 Å². The zero-order chi connectivity index (χ0) is 15.5. The molecule has 5 heteroatoms. The quantitative estimate of drug-likeness (QED) is 0.748. The second-order valence-electron chi connectivity index (χ2n) is 5.47. The average molecular weight is 312 g/mol. The van der Waals surface area contributed by atoms with Crippen molar-refractivity contribution in [2.75, 3.05) is 0 Å². The first-order chi connectivity index (χ1) is 10.6. The second-order valence-corrected chi connectivity index (χ2v) is 6.50. The van der Waals surface area contributed by atoms with E-state index < -0.39 is 0 Å². The number of imidazole rings is 1. The van der Waals surface area contributed by atoms with Crippen LogP contribution in [0.1, 0.15) is 34.9 Å². The normalized spacial score (nSPS) is 12.5. The standard InChI is InChI=1S/C17H20N4S/c1-11-4-6-14(7-5-11)17-21-13(3)16(22-17)12(2)20-10-15-18-8-9-19-15/h4-9,12,20H,10H2,1-3H3,(H,18,19). The molecule has 2 aromatic heterocycles. The van der Waals surface area contributed by atoms with Crippen LogP contribution in [0.15, 0.2) is 36.7 Å². The Bertz CT molecular complexity index is 729. The Morgan fingerprint density at radius 2 is 2.00 bits per heavy atom. The molecule has 0 aliphatic carbocycles. The molecule has 2 heterocycles. The van der Waals surface area contributed by atoms with Crippen LogP contribution in [0.2, 0.25) is 0 Å². The SMILES string of the molecule is Cc1ccc(-c2nc(C)c(C(C)NCc3ncc[nH]3)s2)cc1. The number of benzene rings is 1. The maximum absolute atomic E-state index is 4.73. The molecular weight excluding hydrogens is 292 g/mol. The fourth-order valence-corrected chi connectivity index (χ4v) is 3.46. The number of aromatic nitrogens is 3. The van der Waals surface area contributed by atoms with E-state index in [1.165, 1.54) is 16.0 Å². The van der Waals surface area contributed by atoms with Gasteiger partial charge in [-0.3, -0.25) is 0 Å². The highest BCUT2D eigenvalue weighted by Gasteiger charge is 2.15. The molecule has 1 aromatic carbocycles. The number of aryl methyl sites for hydroxylation is 2. The molecule has 22 heavy (non-hydrogen) atoms. The van der Waals surface area contributed by atoms with Crippen LogP contribution < -0.4 is 5.32 Å². The summed E-state index contributed by atoms with van der Waals surface area (Å²) in [7, 11) is 0. The largest absolute Gasteiger partial charge is 0.348 e. The van der Waals surface area contributed by atoms with E-state index in [0.29, 0.717) is 0 Å². The van der Waals surface area contributed by atoms with Gasteiger partial charge in [0, 0.05) is 28.9 Å². The predicted molar refractivity (Wildman–Crippen MR) is 90.9 cm³/mol. The molecule has 0 aliphatic rings. The first kappa shape index (κ1) is 14.9. The molecule has 0 saturated carbocycles. The third-order valence-electron chi connectivity index (χ3n) is 3.65. The van der Waals surface area contributed by atoms with E-state index in [1.807, 2.05) is 6.20 Å². The Kier molecular flexibility index (Phi) is 4.36. The smallest absolute Gasteiger partial charge is 0.123 e. The molecule has 0 saturated heterocycles. The van der Waals surface area contributed by atoms with Gasteiger partial charge in [0.05, 0.1) is 12.2 Å². The Labute approximate surface area is 134 Å². The minimum absolute atomic E-state index is 0.252.